The van der Waals surface area contributed by atoms with Gasteiger partial charge in [-0.3, -0.25) is 4.79 Å². The monoisotopic (exact) mass is 289 g/mol. The summed E-state index contributed by atoms with van der Waals surface area (Å²) >= 11 is 7.42. The number of halogens is 1. The topological polar surface area (TPSA) is 40.5 Å². The van der Waals surface area contributed by atoms with Gasteiger partial charge in [0.05, 0.1) is 9.75 Å². The molecule has 1 aromatic rings. The van der Waals surface area contributed by atoms with E-state index in [1.807, 2.05) is 37.9 Å². The Morgan fingerprint density at radius 1 is 1.56 bits per heavy atom. The van der Waals surface area contributed by atoms with Crippen LogP contribution in [0.2, 0.25) is 4.34 Å². The van der Waals surface area contributed by atoms with Crippen molar-refractivity contribution in [2.75, 3.05) is 13.6 Å². The van der Waals surface area contributed by atoms with Gasteiger partial charge in [-0.25, -0.2) is 0 Å². The van der Waals surface area contributed by atoms with E-state index in [4.69, 9.17) is 11.6 Å². The molecule has 102 valence electrons. The fourth-order valence-corrected chi connectivity index (χ4v) is 3.33. The molecule has 1 N–H and O–H groups in total. The van der Waals surface area contributed by atoms with Crippen LogP contribution in [0.3, 0.4) is 0 Å². The third kappa shape index (κ3) is 4.26. The van der Waals surface area contributed by atoms with Gasteiger partial charge in [0.15, 0.2) is 0 Å². The molecule has 0 amide bonds. The van der Waals surface area contributed by atoms with Crippen LogP contribution in [0.4, 0.5) is 0 Å². The van der Waals surface area contributed by atoms with Gasteiger partial charge in [-0.1, -0.05) is 24.9 Å². The molecule has 0 spiro atoms. The Morgan fingerprint density at radius 2 is 2.22 bits per heavy atom. The number of rotatable bonds is 7. The third-order valence-electron chi connectivity index (χ3n) is 2.99. The van der Waals surface area contributed by atoms with Crippen molar-refractivity contribution in [3.8, 4) is 0 Å². The van der Waals surface area contributed by atoms with Crippen molar-refractivity contribution in [3.05, 3.63) is 21.3 Å². The van der Waals surface area contributed by atoms with Gasteiger partial charge >= 0.3 is 5.97 Å². The molecule has 0 bridgehead atoms. The summed E-state index contributed by atoms with van der Waals surface area (Å²) in [5.74, 6) is -0.722. The number of carbonyl (C=O) groups is 1. The van der Waals surface area contributed by atoms with E-state index >= 15 is 0 Å². The molecule has 1 atom stereocenters. The summed E-state index contributed by atoms with van der Waals surface area (Å²) in [7, 11) is 1.95. The maximum atomic E-state index is 11.4. The van der Waals surface area contributed by atoms with Crippen LogP contribution in [0.15, 0.2) is 12.1 Å². The molecule has 3 nitrogen and oxygen atoms in total. The first-order valence-electron chi connectivity index (χ1n) is 6.03. The zero-order chi connectivity index (χ0) is 13.8. The van der Waals surface area contributed by atoms with Gasteiger partial charge in [0.25, 0.3) is 0 Å². The van der Waals surface area contributed by atoms with Crippen LogP contribution in [-0.4, -0.2) is 29.6 Å². The minimum Gasteiger partial charge on any atom is -0.481 e. The maximum Gasteiger partial charge on any atom is 0.310 e. The predicted molar refractivity (Wildman–Crippen MR) is 76.3 cm³/mol. The van der Waals surface area contributed by atoms with Crippen LogP contribution in [0.5, 0.6) is 0 Å². The molecule has 0 saturated carbocycles. The SMILES string of the molecule is CCCC(C)(CN(C)Cc1ccc(Cl)s1)C(=O)O. The molecule has 0 saturated heterocycles. The second-order valence-electron chi connectivity index (χ2n) is 4.99. The highest BCUT2D eigenvalue weighted by atomic mass is 35.5. The van der Waals surface area contributed by atoms with E-state index in [1.54, 1.807) is 11.3 Å². The Kier molecular flexibility index (Phi) is 5.63. The van der Waals surface area contributed by atoms with Gasteiger partial charge in [0.1, 0.15) is 0 Å². The lowest BCUT2D eigenvalue weighted by Crippen LogP contribution is -2.39. The highest BCUT2D eigenvalue weighted by Gasteiger charge is 2.33. The zero-order valence-corrected chi connectivity index (χ0v) is 12.6. The van der Waals surface area contributed by atoms with E-state index in [-0.39, 0.29) is 0 Å². The number of hydrogen-bond acceptors (Lipinski definition) is 3. The van der Waals surface area contributed by atoms with Crippen LogP contribution in [-0.2, 0) is 11.3 Å². The molecule has 0 fully saturated rings. The fourth-order valence-electron chi connectivity index (χ4n) is 2.16. The average Bonchev–Trinajstić information content (AvgIpc) is 2.63. The minimum absolute atomic E-state index is 0.547. The molecule has 0 radical (unpaired) electrons. The lowest BCUT2D eigenvalue weighted by atomic mass is 9.85. The smallest absolute Gasteiger partial charge is 0.310 e. The standard InChI is InChI=1S/C13H20ClNO2S/c1-4-7-13(2,12(16)17)9-15(3)8-10-5-6-11(14)18-10/h5-6H,4,7-9H2,1-3H3,(H,16,17). The first kappa shape index (κ1) is 15.5. The summed E-state index contributed by atoms with van der Waals surface area (Å²) in [5, 5.41) is 9.34. The minimum atomic E-state index is -0.722. The van der Waals surface area contributed by atoms with Gasteiger partial charge in [0, 0.05) is 18.0 Å². The van der Waals surface area contributed by atoms with Crippen molar-refractivity contribution in [3.63, 3.8) is 0 Å². The summed E-state index contributed by atoms with van der Waals surface area (Å²) in [6.45, 7) is 5.12. The Bertz CT molecular complexity index is 407. The largest absolute Gasteiger partial charge is 0.481 e. The number of carboxylic acid groups (broad SMARTS) is 1. The second-order valence-corrected chi connectivity index (χ2v) is 6.79. The van der Waals surface area contributed by atoms with Gasteiger partial charge in [-0.2, -0.15) is 0 Å². The fraction of sp³-hybridized carbons (Fsp3) is 0.615. The summed E-state index contributed by atoms with van der Waals surface area (Å²) in [5.41, 5.74) is -0.676. The van der Waals surface area contributed by atoms with E-state index in [9.17, 15) is 9.90 Å². The van der Waals surface area contributed by atoms with Crippen LogP contribution in [0, 0.1) is 5.41 Å². The molecule has 1 rings (SSSR count). The van der Waals surface area contributed by atoms with Crippen molar-refractivity contribution in [1.29, 1.82) is 0 Å². The second kappa shape index (κ2) is 6.55. The summed E-state index contributed by atoms with van der Waals surface area (Å²) in [4.78, 5) is 14.6. The van der Waals surface area contributed by atoms with Crippen molar-refractivity contribution in [2.45, 2.75) is 33.2 Å². The average molecular weight is 290 g/mol. The van der Waals surface area contributed by atoms with Crippen molar-refractivity contribution >= 4 is 28.9 Å². The maximum absolute atomic E-state index is 11.4. The number of hydrogen-bond donors (Lipinski definition) is 1. The molecular weight excluding hydrogens is 270 g/mol. The van der Waals surface area contributed by atoms with E-state index in [0.29, 0.717) is 13.0 Å². The highest BCUT2D eigenvalue weighted by molar-refractivity contribution is 7.16. The van der Waals surface area contributed by atoms with Crippen LogP contribution >= 0.6 is 22.9 Å². The Labute approximate surface area is 117 Å². The zero-order valence-electron chi connectivity index (χ0n) is 11.1. The molecule has 1 unspecified atom stereocenters. The predicted octanol–water partition coefficient (Wildman–Crippen LogP) is 3.72. The quantitative estimate of drug-likeness (QED) is 0.831. The summed E-state index contributed by atoms with van der Waals surface area (Å²) in [6, 6.07) is 3.86. The third-order valence-corrected chi connectivity index (χ3v) is 4.21. The number of nitrogens with zero attached hydrogens (tertiary/aromatic N) is 1. The first-order chi connectivity index (χ1) is 8.37. The van der Waals surface area contributed by atoms with Crippen LogP contribution in [0.25, 0.3) is 0 Å². The van der Waals surface area contributed by atoms with Gasteiger partial charge < -0.3 is 10.0 Å². The lowest BCUT2D eigenvalue weighted by molar-refractivity contribution is -0.149. The van der Waals surface area contributed by atoms with Crippen molar-refractivity contribution < 1.29 is 9.90 Å². The molecular formula is C13H20ClNO2S. The van der Waals surface area contributed by atoms with E-state index < -0.39 is 11.4 Å². The van der Waals surface area contributed by atoms with E-state index in [0.717, 1.165) is 22.2 Å². The number of carboxylic acids is 1. The summed E-state index contributed by atoms with van der Waals surface area (Å²) < 4.78 is 0.771. The van der Waals surface area contributed by atoms with Gasteiger partial charge in [0.2, 0.25) is 0 Å². The van der Waals surface area contributed by atoms with Gasteiger partial charge in [-0.15, -0.1) is 11.3 Å². The Hall–Kier alpha value is -0.580. The van der Waals surface area contributed by atoms with Crippen molar-refractivity contribution in [2.24, 2.45) is 5.41 Å². The number of thiophene rings is 1. The highest BCUT2D eigenvalue weighted by Crippen LogP contribution is 2.27. The molecule has 5 heteroatoms. The molecule has 1 aromatic heterocycles. The molecule has 0 aliphatic rings. The van der Waals surface area contributed by atoms with Gasteiger partial charge in [-0.05, 0) is 32.5 Å². The molecule has 0 aliphatic heterocycles. The van der Waals surface area contributed by atoms with Crippen LogP contribution < -0.4 is 0 Å². The molecule has 1 heterocycles. The van der Waals surface area contributed by atoms with Crippen molar-refractivity contribution in [1.82, 2.24) is 4.90 Å². The lowest BCUT2D eigenvalue weighted by Gasteiger charge is -2.29. The van der Waals surface area contributed by atoms with E-state index in [2.05, 4.69) is 0 Å². The normalized spacial score (nSPS) is 14.7. The Balaban J connectivity index is 2.61. The van der Waals surface area contributed by atoms with Crippen LogP contribution in [0.1, 0.15) is 31.6 Å². The Morgan fingerprint density at radius 3 is 2.67 bits per heavy atom. The summed E-state index contributed by atoms with van der Waals surface area (Å²) in [6.07, 6.45) is 1.57. The van der Waals surface area contributed by atoms with E-state index in [1.165, 1.54) is 0 Å². The molecule has 0 aromatic carbocycles. The molecule has 0 aliphatic carbocycles. The number of aliphatic carboxylic acids is 1. The first-order valence-corrected chi connectivity index (χ1v) is 7.23. The molecule has 18 heavy (non-hydrogen) atoms.